The molecule has 8 heteroatoms. The quantitative estimate of drug-likeness (QED) is 0.225. The van der Waals surface area contributed by atoms with Crippen LogP contribution in [-0.4, -0.2) is 33.3 Å². The number of aliphatic hydroxyl groups excluding tert-OH is 1. The summed E-state index contributed by atoms with van der Waals surface area (Å²) >= 11 is 0. The normalized spacial score (nSPS) is 15.1. The first-order valence-corrected chi connectivity index (χ1v) is 11.7. The summed E-state index contributed by atoms with van der Waals surface area (Å²) in [6.07, 6.45) is 10.3. The molecule has 6 nitrogen and oxygen atoms in total. The number of hydrogen-bond donors (Lipinski definition) is 4. The lowest BCUT2D eigenvalue weighted by Crippen LogP contribution is -2.26. The van der Waals surface area contributed by atoms with Crippen LogP contribution in [-0.2, 0) is 9.13 Å². The summed E-state index contributed by atoms with van der Waals surface area (Å²) in [4.78, 5) is 17.5. The van der Waals surface area contributed by atoms with Crippen LogP contribution in [0.1, 0.15) is 53.4 Å². The van der Waals surface area contributed by atoms with Crippen molar-refractivity contribution < 1.29 is 24.0 Å². The second-order valence-corrected chi connectivity index (χ2v) is 10.2. The lowest BCUT2D eigenvalue weighted by atomic mass is 10.1. The first-order chi connectivity index (χ1) is 11.5. The van der Waals surface area contributed by atoms with Gasteiger partial charge in [-0.15, -0.1) is 0 Å². The van der Waals surface area contributed by atoms with Gasteiger partial charge in [0, 0.05) is 6.54 Å². The lowest BCUT2D eigenvalue weighted by Gasteiger charge is -2.04. The maximum absolute atomic E-state index is 11.5. The molecule has 0 aromatic heterocycles. The van der Waals surface area contributed by atoms with Gasteiger partial charge in [0.2, 0.25) is 5.90 Å². The van der Waals surface area contributed by atoms with E-state index in [4.69, 9.17) is 9.79 Å². The van der Waals surface area contributed by atoms with Gasteiger partial charge in [0.05, 0.1) is 0 Å². The minimum absolute atomic E-state index is 0.304. The lowest BCUT2D eigenvalue weighted by molar-refractivity contribution is 0.219. The molecule has 0 aliphatic carbocycles. The highest BCUT2D eigenvalue weighted by Crippen LogP contribution is 2.45. The van der Waals surface area contributed by atoms with Crippen LogP contribution in [0.4, 0.5) is 0 Å². The van der Waals surface area contributed by atoms with Crippen molar-refractivity contribution in [1.82, 2.24) is 5.32 Å². The van der Waals surface area contributed by atoms with E-state index in [-0.39, 0.29) is 0 Å². The zero-order valence-corrected chi connectivity index (χ0v) is 17.4. The van der Waals surface area contributed by atoms with Crippen LogP contribution >= 0.6 is 15.4 Å². The molecule has 0 aliphatic heterocycles. The molecule has 144 valence electrons. The molecular formula is C17H32NO5P2+. The maximum atomic E-state index is 11.5. The van der Waals surface area contributed by atoms with Gasteiger partial charge in [-0.25, -0.2) is 5.32 Å². The fourth-order valence-electron chi connectivity index (χ4n) is 2.04. The van der Waals surface area contributed by atoms with Crippen LogP contribution in [0.5, 0.6) is 0 Å². The predicted octanol–water partition coefficient (Wildman–Crippen LogP) is 4.23. The third-order valence-electron chi connectivity index (χ3n) is 3.47. The van der Waals surface area contributed by atoms with E-state index < -0.39 is 27.3 Å². The van der Waals surface area contributed by atoms with Gasteiger partial charge in [-0.3, -0.25) is 4.57 Å². The Labute approximate surface area is 152 Å². The third-order valence-corrected chi connectivity index (χ3v) is 6.79. The minimum atomic E-state index is -4.37. The summed E-state index contributed by atoms with van der Waals surface area (Å²) in [7, 11) is -6.78. The van der Waals surface area contributed by atoms with Gasteiger partial charge in [-0.05, 0) is 53.4 Å². The van der Waals surface area contributed by atoms with Crippen LogP contribution in [0.3, 0.4) is 0 Å². The van der Waals surface area contributed by atoms with Crippen LogP contribution in [0.15, 0.2) is 34.9 Å². The number of aliphatic hydroxyl groups is 1. The summed E-state index contributed by atoms with van der Waals surface area (Å²) in [5.41, 5.74) is 3.84. The smallest absolute Gasteiger partial charge is 0.339 e. The van der Waals surface area contributed by atoms with Crippen molar-refractivity contribution in [2.75, 3.05) is 12.4 Å². The highest BCUT2D eigenvalue weighted by molar-refractivity contribution is 7.66. The van der Waals surface area contributed by atoms with Crippen molar-refractivity contribution in [3.05, 3.63) is 34.9 Å². The Hall–Kier alpha value is -0.610. The van der Waals surface area contributed by atoms with Gasteiger partial charge in [0.1, 0.15) is 0 Å². The summed E-state index contributed by atoms with van der Waals surface area (Å²) in [6, 6.07) is 0. The van der Waals surface area contributed by atoms with E-state index in [0.717, 1.165) is 31.3 Å². The van der Waals surface area contributed by atoms with E-state index in [1.54, 1.807) is 0 Å². The molecule has 0 radical (unpaired) electrons. The molecule has 0 spiro atoms. The van der Waals surface area contributed by atoms with E-state index in [9.17, 15) is 14.2 Å². The van der Waals surface area contributed by atoms with Crippen molar-refractivity contribution in [3.63, 3.8) is 0 Å². The average Bonchev–Trinajstić information content (AvgIpc) is 2.44. The molecule has 0 fully saturated rings. The molecule has 0 aliphatic rings. The van der Waals surface area contributed by atoms with Gasteiger partial charge in [0.15, 0.2) is 0 Å². The van der Waals surface area contributed by atoms with Gasteiger partial charge in [0.25, 0.3) is 0 Å². The van der Waals surface area contributed by atoms with Crippen LogP contribution in [0, 0.1) is 0 Å². The summed E-state index contributed by atoms with van der Waals surface area (Å²) in [6.45, 7) is 8.61. The number of hydrogen-bond acceptors (Lipinski definition) is 4. The van der Waals surface area contributed by atoms with E-state index in [1.807, 2.05) is 13.0 Å². The first kappa shape index (κ1) is 24.4. The van der Waals surface area contributed by atoms with Gasteiger partial charge in [-0.1, -0.05) is 39.5 Å². The highest BCUT2D eigenvalue weighted by Gasteiger charge is 2.35. The zero-order valence-electron chi connectivity index (χ0n) is 15.6. The topological polar surface area (TPSA) is 107 Å². The van der Waals surface area contributed by atoms with Crippen LogP contribution in [0.25, 0.3) is 0 Å². The zero-order chi connectivity index (χ0) is 19.5. The Morgan fingerprint density at radius 3 is 2.08 bits per heavy atom. The molecule has 0 heterocycles. The summed E-state index contributed by atoms with van der Waals surface area (Å²) in [5.74, 6) is -2.22. The molecule has 0 saturated heterocycles. The molecule has 0 aromatic rings. The van der Waals surface area contributed by atoms with Crippen molar-refractivity contribution >= 4 is 15.4 Å². The van der Waals surface area contributed by atoms with Crippen molar-refractivity contribution in [2.24, 2.45) is 0 Å². The Kier molecular flexibility index (Phi) is 12.4. The van der Waals surface area contributed by atoms with Crippen LogP contribution < -0.4 is 5.32 Å². The number of rotatable bonds is 12. The van der Waals surface area contributed by atoms with Crippen molar-refractivity contribution in [2.45, 2.75) is 59.3 Å². The minimum Gasteiger partial charge on any atom is -0.339 e. The average molecular weight is 392 g/mol. The highest BCUT2D eigenvalue weighted by atomic mass is 31.2. The molecule has 2 unspecified atom stereocenters. The molecule has 25 heavy (non-hydrogen) atoms. The number of nitrogens with one attached hydrogen (secondary N) is 1. The second-order valence-electron chi connectivity index (χ2n) is 6.46. The Morgan fingerprint density at radius 2 is 1.56 bits per heavy atom. The summed E-state index contributed by atoms with van der Waals surface area (Å²) < 4.78 is 22.3. The Balaban J connectivity index is 4.11. The maximum Gasteiger partial charge on any atom is 0.399 e. The second kappa shape index (κ2) is 12.7. The van der Waals surface area contributed by atoms with Crippen molar-refractivity contribution in [1.29, 1.82) is 0 Å². The van der Waals surface area contributed by atoms with E-state index >= 15 is 0 Å². The standard InChI is InChI=1S/C17H31NO5P2/c1-14(2)7-5-8-15(3)9-6-10-16(4)11-12-18-17(19)24(20)13-25(21,22)23/h7,9,11,17-19H,5-6,8,10,12-13H2,1-4H3,(H-,21,22,23)/p+1. The molecule has 2 atom stereocenters. The van der Waals surface area contributed by atoms with E-state index in [0.29, 0.717) is 6.54 Å². The van der Waals surface area contributed by atoms with E-state index in [2.05, 4.69) is 38.2 Å². The summed E-state index contributed by atoms with van der Waals surface area (Å²) in [5, 5.41) is 12.2. The SMILES string of the molecule is CC(C)=CCCC(C)=CCCC(C)=CCNC(O)[P+](=O)CP(=O)(O)O. The van der Waals surface area contributed by atoms with Gasteiger partial charge in [-0.2, -0.15) is 0 Å². The van der Waals surface area contributed by atoms with Crippen LogP contribution in [0.2, 0.25) is 0 Å². The monoisotopic (exact) mass is 392 g/mol. The fraction of sp³-hybridized carbons (Fsp3) is 0.647. The van der Waals surface area contributed by atoms with Crippen molar-refractivity contribution in [3.8, 4) is 0 Å². The van der Waals surface area contributed by atoms with Gasteiger partial charge < -0.3 is 14.9 Å². The predicted molar refractivity (Wildman–Crippen MR) is 104 cm³/mol. The third kappa shape index (κ3) is 15.4. The Morgan fingerprint density at radius 1 is 1.04 bits per heavy atom. The molecule has 0 bridgehead atoms. The molecule has 0 saturated carbocycles. The molecule has 0 amide bonds. The largest absolute Gasteiger partial charge is 0.399 e. The molecule has 0 rings (SSSR count). The molecule has 0 aromatic carbocycles. The number of allylic oxidation sites excluding steroid dienone is 5. The molecule has 4 N–H and O–H groups in total. The Bertz CT molecular complexity index is 559. The first-order valence-electron chi connectivity index (χ1n) is 8.35. The fourth-order valence-corrected chi connectivity index (χ4v) is 4.42. The van der Waals surface area contributed by atoms with E-state index in [1.165, 1.54) is 11.1 Å². The molecular weight excluding hydrogens is 360 g/mol. The van der Waals surface area contributed by atoms with Gasteiger partial charge >= 0.3 is 21.4 Å².